The molecule has 0 radical (unpaired) electrons. The van der Waals surface area contributed by atoms with E-state index in [9.17, 15) is 0 Å². The predicted octanol–water partition coefficient (Wildman–Crippen LogP) is 3.29. The van der Waals surface area contributed by atoms with Gasteiger partial charge >= 0.3 is 0 Å². The Labute approximate surface area is 127 Å². The lowest BCUT2D eigenvalue weighted by Crippen LogP contribution is -1.97. The maximum Gasteiger partial charge on any atom is 0.240 e. The van der Waals surface area contributed by atoms with Gasteiger partial charge in [0.05, 0.1) is 18.0 Å². The van der Waals surface area contributed by atoms with Crippen LogP contribution in [0.25, 0.3) is 23.1 Å². The van der Waals surface area contributed by atoms with Gasteiger partial charge in [-0.1, -0.05) is 24.3 Å². The fourth-order valence-corrected chi connectivity index (χ4v) is 2.63. The van der Waals surface area contributed by atoms with Gasteiger partial charge in [-0.15, -0.1) is 10.2 Å². The van der Waals surface area contributed by atoms with Crippen molar-refractivity contribution < 1.29 is 9.15 Å². The van der Waals surface area contributed by atoms with Crippen molar-refractivity contribution in [1.82, 2.24) is 15.2 Å². The lowest BCUT2D eigenvalue weighted by atomic mass is 10.1. The van der Waals surface area contributed by atoms with Crippen molar-refractivity contribution >= 4 is 23.1 Å². The summed E-state index contributed by atoms with van der Waals surface area (Å²) in [5.74, 6) is 1.40. The van der Waals surface area contributed by atoms with Gasteiger partial charge in [-0.25, -0.2) is 0 Å². The maximum absolute atomic E-state index is 5.69. The number of fused-ring (bicyclic) bond motifs is 1. The number of ether oxygens (including phenoxy) is 1. The first-order chi connectivity index (χ1) is 10.9. The number of nitrogens with zero attached hydrogens (tertiary/aromatic N) is 3. The molecule has 0 aliphatic carbocycles. The van der Waals surface area contributed by atoms with E-state index in [1.807, 2.05) is 42.5 Å². The zero-order chi connectivity index (χ0) is 14.8. The van der Waals surface area contributed by atoms with Gasteiger partial charge < -0.3 is 9.15 Å². The fraction of sp³-hybridized carbons (Fsp3) is 0.235. The molecule has 0 saturated carbocycles. The van der Waals surface area contributed by atoms with E-state index < -0.39 is 0 Å². The number of hydrogen-bond donors (Lipinski definition) is 0. The topological polar surface area (TPSA) is 61.0 Å². The van der Waals surface area contributed by atoms with Crippen molar-refractivity contribution in [2.24, 2.45) is 0 Å². The molecule has 22 heavy (non-hydrogen) atoms. The highest BCUT2D eigenvalue weighted by atomic mass is 16.5. The third-order valence-corrected chi connectivity index (χ3v) is 3.80. The molecule has 1 aromatic carbocycles. The molecule has 1 atom stereocenters. The average Bonchev–Trinajstić information content (AvgIpc) is 3.24. The average molecular weight is 293 g/mol. The van der Waals surface area contributed by atoms with Gasteiger partial charge in [0, 0.05) is 29.8 Å². The second-order valence-corrected chi connectivity index (χ2v) is 5.29. The quantitative estimate of drug-likeness (QED) is 0.741. The minimum Gasteiger partial charge on any atom is -0.421 e. The standard InChI is InChI=1S/C17H15N3O2/c1-3-12-5-2-9-18-16(12)13(4-1)6-7-15-19-20-17(22-15)14-8-10-21-11-14/h1-7,9,14H,8,10-11H2/b7-6+. The maximum atomic E-state index is 5.69. The van der Waals surface area contributed by atoms with Gasteiger partial charge in [0.1, 0.15) is 0 Å². The summed E-state index contributed by atoms with van der Waals surface area (Å²) in [6, 6.07) is 10.1. The van der Waals surface area contributed by atoms with E-state index in [1.165, 1.54) is 0 Å². The smallest absolute Gasteiger partial charge is 0.240 e. The fourth-order valence-electron chi connectivity index (χ4n) is 2.63. The highest BCUT2D eigenvalue weighted by Crippen LogP contribution is 2.24. The zero-order valence-electron chi connectivity index (χ0n) is 12.0. The molecule has 5 nitrogen and oxygen atoms in total. The number of pyridine rings is 1. The van der Waals surface area contributed by atoms with E-state index >= 15 is 0 Å². The van der Waals surface area contributed by atoms with E-state index in [0.717, 1.165) is 29.5 Å². The molecule has 5 heteroatoms. The molecule has 4 rings (SSSR count). The molecule has 1 aliphatic heterocycles. The van der Waals surface area contributed by atoms with Gasteiger partial charge in [-0.05, 0) is 18.6 Å². The first-order valence-corrected chi connectivity index (χ1v) is 7.33. The Kier molecular flexibility index (Phi) is 3.40. The molecule has 3 heterocycles. The summed E-state index contributed by atoms with van der Waals surface area (Å²) in [4.78, 5) is 4.43. The molecule has 1 unspecified atom stereocenters. The monoisotopic (exact) mass is 293 g/mol. The molecule has 0 bridgehead atoms. The number of benzene rings is 1. The molecule has 1 saturated heterocycles. The second-order valence-electron chi connectivity index (χ2n) is 5.29. The first-order valence-electron chi connectivity index (χ1n) is 7.33. The third kappa shape index (κ3) is 2.51. The minimum atomic E-state index is 0.230. The summed E-state index contributed by atoms with van der Waals surface area (Å²) in [6.07, 6.45) is 6.52. The van der Waals surface area contributed by atoms with Crippen molar-refractivity contribution in [2.75, 3.05) is 13.2 Å². The summed E-state index contributed by atoms with van der Waals surface area (Å²) in [7, 11) is 0. The van der Waals surface area contributed by atoms with E-state index in [1.54, 1.807) is 6.20 Å². The molecule has 1 aliphatic rings. The van der Waals surface area contributed by atoms with Gasteiger partial charge in [0.25, 0.3) is 0 Å². The van der Waals surface area contributed by atoms with Crippen LogP contribution in [-0.4, -0.2) is 28.4 Å². The Morgan fingerprint density at radius 3 is 2.95 bits per heavy atom. The van der Waals surface area contributed by atoms with E-state index in [2.05, 4.69) is 15.2 Å². The summed E-state index contributed by atoms with van der Waals surface area (Å²) in [5, 5.41) is 9.30. The van der Waals surface area contributed by atoms with Crippen LogP contribution in [0.5, 0.6) is 0 Å². The summed E-state index contributed by atoms with van der Waals surface area (Å²) in [6.45, 7) is 1.43. The predicted molar refractivity (Wildman–Crippen MR) is 83.1 cm³/mol. The van der Waals surface area contributed by atoms with E-state index in [4.69, 9.17) is 9.15 Å². The van der Waals surface area contributed by atoms with Crippen LogP contribution in [0, 0.1) is 0 Å². The van der Waals surface area contributed by atoms with Crippen LogP contribution >= 0.6 is 0 Å². The van der Waals surface area contributed by atoms with Crippen LogP contribution in [0.1, 0.15) is 29.7 Å². The Hall–Kier alpha value is -2.53. The lowest BCUT2D eigenvalue weighted by molar-refractivity contribution is 0.190. The molecule has 110 valence electrons. The van der Waals surface area contributed by atoms with Crippen LogP contribution in [0.15, 0.2) is 40.9 Å². The van der Waals surface area contributed by atoms with Crippen molar-refractivity contribution in [1.29, 1.82) is 0 Å². The summed E-state index contributed by atoms with van der Waals surface area (Å²) >= 11 is 0. The number of para-hydroxylation sites is 1. The summed E-state index contributed by atoms with van der Waals surface area (Å²) in [5.41, 5.74) is 1.99. The summed E-state index contributed by atoms with van der Waals surface area (Å²) < 4.78 is 11.0. The molecule has 2 aromatic heterocycles. The van der Waals surface area contributed by atoms with Crippen LogP contribution in [-0.2, 0) is 4.74 Å². The molecule has 3 aromatic rings. The Balaban J connectivity index is 1.60. The van der Waals surface area contributed by atoms with E-state index in [-0.39, 0.29) is 5.92 Å². The highest BCUT2D eigenvalue weighted by molar-refractivity contribution is 5.89. The normalized spacial score (nSPS) is 18.5. The van der Waals surface area contributed by atoms with Gasteiger partial charge in [0.2, 0.25) is 11.8 Å². The molecule has 0 amide bonds. The largest absolute Gasteiger partial charge is 0.421 e. The Morgan fingerprint density at radius 1 is 1.09 bits per heavy atom. The van der Waals surface area contributed by atoms with Crippen molar-refractivity contribution in [3.63, 3.8) is 0 Å². The lowest BCUT2D eigenvalue weighted by Gasteiger charge is -2.00. The van der Waals surface area contributed by atoms with Crippen molar-refractivity contribution in [3.05, 3.63) is 53.9 Å². The van der Waals surface area contributed by atoms with Crippen LogP contribution in [0.4, 0.5) is 0 Å². The molecular formula is C17H15N3O2. The number of aromatic nitrogens is 3. The SMILES string of the molecule is C(=C\c1cccc2cccnc12)/c1nnc(C2CCOC2)o1. The molecular weight excluding hydrogens is 278 g/mol. The highest BCUT2D eigenvalue weighted by Gasteiger charge is 2.23. The molecule has 0 spiro atoms. The van der Waals surface area contributed by atoms with Gasteiger partial charge in [-0.2, -0.15) is 0 Å². The Morgan fingerprint density at radius 2 is 2.05 bits per heavy atom. The first kappa shape index (κ1) is 13.2. The Bertz CT molecular complexity index is 814. The van der Waals surface area contributed by atoms with Crippen molar-refractivity contribution in [2.45, 2.75) is 12.3 Å². The number of rotatable bonds is 3. The third-order valence-electron chi connectivity index (χ3n) is 3.80. The minimum absolute atomic E-state index is 0.230. The van der Waals surface area contributed by atoms with Gasteiger partial charge in [0.15, 0.2) is 0 Å². The second kappa shape index (κ2) is 5.69. The molecule has 1 fully saturated rings. The van der Waals surface area contributed by atoms with E-state index in [0.29, 0.717) is 18.4 Å². The van der Waals surface area contributed by atoms with Crippen LogP contribution in [0.2, 0.25) is 0 Å². The van der Waals surface area contributed by atoms with Crippen molar-refractivity contribution in [3.8, 4) is 0 Å². The van der Waals surface area contributed by atoms with Crippen LogP contribution in [0.3, 0.4) is 0 Å². The van der Waals surface area contributed by atoms with Crippen LogP contribution < -0.4 is 0 Å². The number of hydrogen-bond acceptors (Lipinski definition) is 5. The zero-order valence-corrected chi connectivity index (χ0v) is 12.0. The van der Waals surface area contributed by atoms with Gasteiger partial charge in [-0.3, -0.25) is 4.98 Å². The molecule has 0 N–H and O–H groups in total.